The second-order valence-electron chi connectivity index (χ2n) is 7.77. The Kier molecular flexibility index (Phi) is 6.00. The number of alkyl halides is 2. The molecule has 0 saturated carbocycles. The molecular formula is C23H21F2IN2O3. The van der Waals surface area contributed by atoms with Crippen LogP contribution in [0.3, 0.4) is 0 Å². The van der Waals surface area contributed by atoms with Gasteiger partial charge in [0.1, 0.15) is 0 Å². The zero-order chi connectivity index (χ0) is 22.3. The first kappa shape index (κ1) is 21.7. The summed E-state index contributed by atoms with van der Waals surface area (Å²) in [4.78, 5) is 26.1. The molecular weight excluding hydrogens is 517 g/mol. The number of aliphatic carboxylic acids is 1. The molecule has 0 bridgehead atoms. The Bertz CT molecular complexity index is 1180. The zero-order valence-corrected chi connectivity index (χ0v) is 19.0. The lowest BCUT2D eigenvalue weighted by molar-refractivity contribution is -0.136. The highest BCUT2D eigenvalue weighted by Crippen LogP contribution is 2.33. The van der Waals surface area contributed by atoms with E-state index in [4.69, 9.17) is 0 Å². The van der Waals surface area contributed by atoms with E-state index in [1.165, 1.54) is 18.2 Å². The highest BCUT2D eigenvalue weighted by atomic mass is 127. The number of amides is 1. The summed E-state index contributed by atoms with van der Waals surface area (Å²) in [5.74, 6) is -1.08. The van der Waals surface area contributed by atoms with Crippen LogP contribution in [0, 0.1) is 3.57 Å². The van der Waals surface area contributed by atoms with Gasteiger partial charge in [0, 0.05) is 50.9 Å². The molecule has 1 atom stereocenters. The number of carbonyl (C=O) groups is 2. The van der Waals surface area contributed by atoms with Crippen LogP contribution in [-0.2, 0) is 24.2 Å². The second kappa shape index (κ2) is 8.57. The summed E-state index contributed by atoms with van der Waals surface area (Å²) in [6, 6.07) is 11.9. The van der Waals surface area contributed by atoms with Gasteiger partial charge in [-0.2, -0.15) is 0 Å². The van der Waals surface area contributed by atoms with Gasteiger partial charge in [-0.3, -0.25) is 9.59 Å². The first-order valence-electron chi connectivity index (χ1n) is 9.93. The van der Waals surface area contributed by atoms with Crippen molar-refractivity contribution < 1.29 is 23.5 Å². The van der Waals surface area contributed by atoms with Crippen LogP contribution < -0.4 is 0 Å². The van der Waals surface area contributed by atoms with E-state index >= 15 is 0 Å². The molecule has 3 aromatic rings. The molecule has 1 N–H and O–H groups in total. The number of nitrogens with zero attached hydrogens (tertiary/aromatic N) is 2. The predicted octanol–water partition coefficient (Wildman–Crippen LogP) is 4.90. The van der Waals surface area contributed by atoms with Crippen molar-refractivity contribution in [2.75, 3.05) is 7.05 Å². The normalized spacial score (nSPS) is 15.8. The van der Waals surface area contributed by atoms with Crippen LogP contribution in [0.25, 0.3) is 10.9 Å². The first-order valence-corrected chi connectivity index (χ1v) is 11.0. The van der Waals surface area contributed by atoms with Crippen molar-refractivity contribution in [3.8, 4) is 0 Å². The van der Waals surface area contributed by atoms with Crippen LogP contribution in [-0.4, -0.2) is 39.5 Å². The third-order valence-corrected chi connectivity index (χ3v) is 6.91. The van der Waals surface area contributed by atoms with Crippen LogP contribution in [0.2, 0.25) is 0 Å². The zero-order valence-electron chi connectivity index (χ0n) is 16.8. The predicted molar refractivity (Wildman–Crippen MR) is 122 cm³/mol. The fraction of sp³-hybridized carbons (Fsp3) is 0.304. The molecule has 4 rings (SSSR count). The lowest BCUT2D eigenvalue weighted by atomic mass is 9.99. The lowest BCUT2D eigenvalue weighted by Gasteiger charge is -2.33. The van der Waals surface area contributed by atoms with Crippen molar-refractivity contribution in [1.29, 1.82) is 0 Å². The van der Waals surface area contributed by atoms with Gasteiger partial charge in [-0.15, -0.1) is 0 Å². The molecule has 0 spiro atoms. The van der Waals surface area contributed by atoms with Gasteiger partial charge >= 0.3 is 5.97 Å². The first-order chi connectivity index (χ1) is 14.8. The van der Waals surface area contributed by atoms with Crippen LogP contribution in [0.1, 0.15) is 40.0 Å². The Morgan fingerprint density at radius 3 is 2.68 bits per heavy atom. The number of halogens is 3. The topological polar surface area (TPSA) is 62.5 Å². The Balaban J connectivity index is 1.62. The molecule has 0 unspecified atom stereocenters. The van der Waals surface area contributed by atoms with E-state index in [9.17, 15) is 23.5 Å². The van der Waals surface area contributed by atoms with Crippen molar-refractivity contribution >= 4 is 45.4 Å². The largest absolute Gasteiger partial charge is 0.481 e. The number of aromatic nitrogens is 1. The number of likely N-dealkylation sites (N-methyl/N-ethyl adjacent to an activating group) is 1. The molecule has 31 heavy (non-hydrogen) atoms. The third-order valence-electron chi connectivity index (χ3n) is 5.98. The summed E-state index contributed by atoms with van der Waals surface area (Å²) < 4.78 is 28.5. The number of carboxylic acids is 1. The Morgan fingerprint density at radius 2 is 2.00 bits per heavy atom. The molecule has 1 aliphatic heterocycles. The van der Waals surface area contributed by atoms with Crippen LogP contribution in [0.4, 0.5) is 8.78 Å². The number of benzene rings is 2. The summed E-state index contributed by atoms with van der Waals surface area (Å²) in [7, 11) is 1.73. The molecule has 2 aromatic carbocycles. The maximum Gasteiger partial charge on any atom is 0.307 e. The average Bonchev–Trinajstić information content (AvgIpc) is 3.05. The van der Waals surface area contributed by atoms with E-state index in [2.05, 4.69) is 4.57 Å². The molecule has 0 fully saturated rings. The van der Waals surface area contributed by atoms with E-state index in [1.54, 1.807) is 11.9 Å². The Morgan fingerprint density at radius 1 is 1.26 bits per heavy atom. The number of carbonyl (C=O) groups excluding carboxylic acids is 1. The molecule has 0 aliphatic carbocycles. The molecule has 1 amide bonds. The number of fused-ring (bicyclic) bond motifs is 3. The minimum absolute atomic E-state index is 0.0305. The van der Waals surface area contributed by atoms with Crippen molar-refractivity contribution in [3.63, 3.8) is 0 Å². The summed E-state index contributed by atoms with van der Waals surface area (Å²) in [5.41, 5.74) is 3.12. The molecule has 0 radical (unpaired) electrons. The number of hydrogen-bond acceptors (Lipinski definition) is 2. The maximum absolute atomic E-state index is 13.1. The van der Waals surface area contributed by atoms with Gasteiger partial charge in [-0.1, -0.05) is 24.3 Å². The van der Waals surface area contributed by atoms with Crippen molar-refractivity contribution in [2.24, 2.45) is 0 Å². The maximum atomic E-state index is 13.1. The SMILES string of the molecule is CN(C(=O)c1ccc(C(F)F)c(I)c1)[C@@H]1CCc2c(CC(=O)O)c3ccccc3n2C1. The monoisotopic (exact) mass is 538 g/mol. The summed E-state index contributed by atoms with van der Waals surface area (Å²) in [6.45, 7) is 0.559. The smallest absolute Gasteiger partial charge is 0.307 e. The summed E-state index contributed by atoms with van der Waals surface area (Å²) >= 11 is 1.83. The molecule has 162 valence electrons. The van der Waals surface area contributed by atoms with Gasteiger partial charge < -0.3 is 14.6 Å². The van der Waals surface area contributed by atoms with Gasteiger partial charge in [-0.05, 0) is 59.2 Å². The van der Waals surface area contributed by atoms with Crippen LogP contribution in [0.15, 0.2) is 42.5 Å². The van der Waals surface area contributed by atoms with Crippen molar-refractivity contribution in [3.05, 3.63) is 68.4 Å². The minimum atomic E-state index is -2.58. The molecule has 0 saturated heterocycles. The summed E-state index contributed by atoms with van der Waals surface area (Å²) in [6.07, 6.45) is -1.23. The van der Waals surface area contributed by atoms with E-state index in [0.717, 1.165) is 22.2 Å². The summed E-state index contributed by atoms with van der Waals surface area (Å²) in [5, 5.41) is 10.3. The standard InChI is InChI=1S/C23H21F2IN2O3/c1-27(23(31)13-6-8-16(22(24)25)18(26)10-13)14-7-9-20-17(11-21(29)30)15-4-2-3-5-19(15)28(20)12-14/h2-6,8,10,14,22H,7,9,11-12H2,1H3,(H,29,30)/t14-/m1/s1. The van der Waals surface area contributed by atoms with Gasteiger partial charge in [0.05, 0.1) is 6.42 Å². The molecule has 2 heterocycles. The van der Waals surface area contributed by atoms with Gasteiger partial charge in [0.2, 0.25) is 0 Å². The highest BCUT2D eigenvalue weighted by molar-refractivity contribution is 14.1. The minimum Gasteiger partial charge on any atom is -0.481 e. The van der Waals surface area contributed by atoms with Crippen molar-refractivity contribution in [2.45, 2.75) is 38.3 Å². The van der Waals surface area contributed by atoms with E-state index < -0.39 is 12.4 Å². The molecule has 1 aliphatic rings. The third kappa shape index (κ3) is 4.05. The van der Waals surface area contributed by atoms with Gasteiger partial charge in [0.15, 0.2) is 0 Å². The van der Waals surface area contributed by atoms with Gasteiger partial charge in [-0.25, -0.2) is 8.78 Å². The molecule has 5 nitrogen and oxygen atoms in total. The number of rotatable bonds is 5. The highest BCUT2D eigenvalue weighted by Gasteiger charge is 2.30. The number of hydrogen-bond donors (Lipinski definition) is 1. The van der Waals surface area contributed by atoms with E-state index in [1.807, 2.05) is 46.9 Å². The van der Waals surface area contributed by atoms with Crippen molar-refractivity contribution in [1.82, 2.24) is 9.47 Å². The fourth-order valence-corrected chi connectivity index (χ4v) is 5.15. The van der Waals surface area contributed by atoms with Crippen LogP contribution in [0.5, 0.6) is 0 Å². The van der Waals surface area contributed by atoms with Gasteiger partial charge in [0.25, 0.3) is 12.3 Å². The Labute approximate surface area is 191 Å². The second-order valence-corrected chi connectivity index (χ2v) is 8.93. The number of carboxylic acid groups (broad SMARTS) is 1. The number of para-hydroxylation sites is 1. The van der Waals surface area contributed by atoms with E-state index in [0.29, 0.717) is 28.5 Å². The molecule has 8 heteroatoms. The lowest BCUT2D eigenvalue weighted by Crippen LogP contribution is -2.42. The molecule has 1 aromatic heterocycles. The quantitative estimate of drug-likeness (QED) is 0.471. The Hall–Kier alpha value is -2.49. The average molecular weight is 538 g/mol. The fourth-order valence-electron chi connectivity index (χ4n) is 4.40. The van der Waals surface area contributed by atoms with Crippen LogP contribution >= 0.6 is 22.6 Å². The van der Waals surface area contributed by atoms with E-state index in [-0.39, 0.29) is 23.9 Å².